The molecule has 0 aliphatic carbocycles. The van der Waals surface area contributed by atoms with Crippen LogP contribution in [0.4, 0.5) is 0 Å². The summed E-state index contributed by atoms with van der Waals surface area (Å²) in [5.74, 6) is 0. The molecule has 0 aromatic heterocycles. The van der Waals surface area contributed by atoms with E-state index < -0.39 is 0 Å². The highest BCUT2D eigenvalue weighted by atomic mass is 14.9. The Morgan fingerprint density at radius 3 is 2.52 bits per heavy atom. The van der Waals surface area contributed by atoms with Crippen molar-refractivity contribution in [2.24, 2.45) is 0 Å². The molecule has 21 heavy (non-hydrogen) atoms. The summed E-state index contributed by atoms with van der Waals surface area (Å²) in [6.07, 6.45) is 5.37. The normalized spacial score (nSPS) is 12.7. The summed E-state index contributed by atoms with van der Waals surface area (Å²) < 4.78 is 0. The molecule has 0 heterocycles. The molecule has 0 saturated heterocycles. The minimum absolute atomic E-state index is 0.261. The second-order valence-corrected chi connectivity index (χ2v) is 5.52. The fourth-order valence-corrected chi connectivity index (χ4v) is 2.60. The van der Waals surface area contributed by atoms with Gasteiger partial charge < -0.3 is 5.32 Å². The third-order valence-corrected chi connectivity index (χ3v) is 3.77. The van der Waals surface area contributed by atoms with E-state index in [0.29, 0.717) is 0 Å². The smallest absolute Gasteiger partial charge is 0.0579 e. The van der Waals surface area contributed by atoms with Crippen LogP contribution in [0.15, 0.2) is 60.7 Å². The van der Waals surface area contributed by atoms with Crippen molar-refractivity contribution in [2.45, 2.75) is 33.2 Å². The van der Waals surface area contributed by atoms with Gasteiger partial charge in [-0.3, -0.25) is 0 Å². The van der Waals surface area contributed by atoms with E-state index in [0.717, 1.165) is 13.0 Å². The maximum atomic E-state index is 3.70. The second kappa shape index (κ2) is 7.80. The van der Waals surface area contributed by atoms with E-state index in [-0.39, 0.29) is 6.04 Å². The first kappa shape index (κ1) is 15.5. The molecule has 2 rings (SSSR count). The molecule has 0 spiro atoms. The molecular weight excluding hydrogens is 254 g/mol. The molecule has 1 N–H and O–H groups in total. The Balaban J connectivity index is 2.29. The third kappa shape index (κ3) is 4.30. The van der Waals surface area contributed by atoms with Crippen molar-refractivity contribution in [3.05, 3.63) is 82.9 Å². The zero-order valence-corrected chi connectivity index (χ0v) is 13.3. The number of benzene rings is 2. The number of allylic oxidation sites excluding steroid dienone is 1. The first-order valence-electron chi connectivity index (χ1n) is 7.69. The lowest BCUT2D eigenvalue weighted by molar-refractivity contribution is 0.608. The number of hydrogen-bond donors (Lipinski definition) is 1. The minimum Gasteiger partial charge on any atom is -0.306 e. The number of nitrogens with one attached hydrogen (secondary N) is 1. The van der Waals surface area contributed by atoms with Crippen LogP contribution in [0.5, 0.6) is 0 Å². The summed E-state index contributed by atoms with van der Waals surface area (Å²) in [4.78, 5) is 0. The quantitative estimate of drug-likeness (QED) is 0.583. The lowest BCUT2D eigenvalue weighted by Gasteiger charge is -2.22. The van der Waals surface area contributed by atoms with Crippen LogP contribution in [-0.4, -0.2) is 6.54 Å². The number of hydrogen-bond acceptors (Lipinski definition) is 1. The summed E-state index contributed by atoms with van der Waals surface area (Å²) in [5.41, 5.74) is 5.35. The van der Waals surface area contributed by atoms with Gasteiger partial charge in [0.05, 0.1) is 6.04 Å². The highest BCUT2D eigenvalue weighted by molar-refractivity contribution is 5.39. The molecular formula is C20H25N. The molecule has 0 fully saturated rings. The van der Waals surface area contributed by atoms with Crippen molar-refractivity contribution in [2.75, 3.05) is 6.54 Å². The van der Waals surface area contributed by atoms with Gasteiger partial charge in [-0.05, 0) is 50.4 Å². The Hall–Kier alpha value is -1.86. The van der Waals surface area contributed by atoms with Crippen LogP contribution in [0.1, 0.15) is 41.6 Å². The van der Waals surface area contributed by atoms with Gasteiger partial charge >= 0.3 is 0 Å². The maximum Gasteiger partial charge on any atom is 0.0579 e. The van der Waals surface area contributed by atoms with E-state index in [9.17, 15) is 0 Å². The lowest BCUT2D eigenvalue weighted by atomic mass is 9.93. The van der Waals surface area contributed by atoms with Crippen LogP contribution >= 0.6 is 0 Å². The maximum absolute atomic E-state index is 3.70. The molecule has 1 heteroatoms. The van der Waals surface area contributed by atoms with E-state index in [1.54, 1.807) is 0 Å². The van der Waals surface area contributed by atoms with Gasteiger partial charge in [-0.1, -0.05) is 66.2 Å². The van der Waals surface area contributed by atoms with Crippen LogP contribution in [0.2, 0.25) is 0 Å². The Morgan fingerprint density at radius 2 is 1.81 bits per heavy atom. The van der Waals surface area contributed by atoms with E-state index >= 15 is 0 Å². The van der Waals surface area contributed by atoms with Crippen molar-refractivity contribution in [3.63, 3.8) is 0 Å². The van der Waals surface area contributed by atoms with Gasteiger partial charge in [-0.15, -0.1) is 0 Å². The van der Waals surface area contributed by atoms with Crippen LogP contribution in [0.3, 0.4) is 0 Å². The lowest BCUT2D eigenvalue weighted by Crippen LogP contribution is -2.24. The van der Waals surface area contributed by atoms with Gasteiger partial charge in [0.1, 0.15) is 0 Å². The SMILES string of the molecule is C/C=C/CCNC(c1ccccc1)c1cc(C)ccc1C. The summed E-state index contributed by atoms with van der Waals surface area (Å²) >= 11 is 0. The first-order valence-corrected chi connectivity index (χ1v) is 7.69. The molecule has 1 atom stereocenters. The first-order chi connectivity index (χ1) is 10.2. The summed E-state index contributed by atoms with van der Waals surface area (Å²) in [6.45, 7) is 7.40. The molecule has 0 bridgehead atoms. The van der Waals surface area contributed by atoms with Crippen LogP contribution in [-0.2, 0) is 0 Å². The minimum atomic E-state index is 0.261. The van der Waals surface area contributed by atoms with Gasteiger partial charge in [0.2, 0.25) is 0 Å². The molecule has 1 unspecified atom stereocenters. The van der Waals surface area contributed by atoms with Gasteiger partial charge in [0.15, 0.2) is 0 Å². The molecule has 1 nitrogen and oxygen atoms in total. The van der Waals surface area contributed by atoms with Crippen LogP contribution < -0.4 is 5.32 Å². The Bertz CT molecular complexity index is 584. The Morgan fingerprint density at radius 1 is 1.05 bits per heavy atom. The van der Waals surface area contributed by atoms with Gasteiger partial charge in [-0.25, -0.2) is 0 Å². The van der Waals surface area contributed by atoms with E-state index in [4.69, 9.17) is 0 Å². The summed E-state index contributed by atoms with van der Waals surface area (Å²) in [7, 11) is 0. The fourth-order valence-electron chi connectivity index (χ4n) is 2.60. The Kier molecular flexibility index (Phi) is 5.77. The molecule has 110 valence electrons. The fraction of sp³-hybridized carbons (Fsp3) is 0.300. The topological polar surface area (TPSA) is 12.0 Å². The molecule has 2 aromatic carbocycles. The summed E-state index contributed by atoms with van der Waals surface area (Å²) in [5, 5.41) is 3.70. The summed E-state index contributed by atoms with van der Waals surface area (Å²) in [6, 6.07) is 17.7. The molecule has 0 amide bonds. The van der Waals surface area contributed by atoms with Crippen molar-refractivity contribution in [1.82, 2.24) is 5.32 Å². The van der Waals surface area contributed by atoms with Crippen molar-refractivity contribution < 1.29 is 0 Å². The molecule has 0 aliphatic rings. The van der Waals surface area contributed by atoms with E-state index in [2.05, 4.69) is 86.8 Å². The Labute approximate surface area is 128 Å². The van der Waals surface area contributed by atoms with Crippen LogP contribution in [0.25, 0.3) is 0 Å². The number of aryl methyl sites for hydroxylation is 2. The zero-order valence-electron chi connectivity index (χ0n) is 13.3. The average molecular weight is 279 g/mol. The molecule has 2 aromatic rings. The highest BCUT2D eigenvalue weighted by Crippen LogP contribution is 2.25. The van der Waals surface area contributed by atoms with E-state index in [1.807, 2.05) is 0 Å². The predicted octanol–water partition coefficient (Wildman–Crippen LogP) is 4.95. The second-order valence-electron chi connectivity index (χ2n) is 5.52. The number of rotatable bonds is 6. The van der Waals surface area contributed by atoms with E-state index in [1.165, 1.54) is 22.3 Å². The van der Waals surface area contributed by atoms with Crippen LogP contribution in [0, 0.1) is 13.8 Å². The predicted molar refractivity (Wildman–Crippen MR) is 91.6 cm³/mol. The van der Waals surface area contributed by atoms with Crippen molar-refractivity contribution in [3.8, 4) is 0 Å². The largest absolute Gasteiger partial charge is 0.306 e. The van der Waals surface area contributed by atoms with Gasteiger partial charge in [0, 0.05) is 0 Å². The third-order valence-electron chi connectivity index (χ3n) is 3.77. The van der Waals surface area contributed by atoms with Gasteiger partial charge in [-0.2, -0.15) is 0 Å². The van der Waals surface area contributed by atoms with Gasteiger partial charge in [0.25, 0.3) is 0 Å². The van der Waals surface area contributed by atoms with Crippen molar-refractivity contribution in [1.29, 1.82) is 0 Å². The standard InChI is InChI=1S/C20H25N/c1-4-5-9-14-21-20(18-10-7-6-8-11-18)19-15-16(2)12-13-17(19)3/h4-8,10-13,15,20-21H,9,14H2,1-3H3/b5-4+. The highest BCUT2D eigenvalue weighted by Gasteiger charge is 2.15. The average Bonchev–Trinajstić information content (AvgIpc) is 2.51. The zero-order chi connectivity index (χ0) is 15.1. The molecule has 0 radical (unpaired) electrons. The van der Waals surface area contributed by atoms with Crippen molar-refractivity contribution >= 4 is 0 Å². The molecule has 0 aliphatic heterocycles. The molecule has 0 saturated carbocycles. The monoisotopic (exact) mass is 279 g/mol.